The lowest BCUT2D eigenvalue weighted by molar-refractivity contribution is -0.147. The van der Waals surface area contributed by atoms with E-state index in [2.05, 4.69) is 9.80 Å². The highest BCUT2D eigenvalue weighted by atomic mass is 35.5. The van der Waals surface area contributed by atoms with Gasteiger partial charge in [0.2, 0.25) is 5.91 Å². The number of halogens is 2. The predicted octanol–water partition coefficient (Wildman–Crippen LogP) is 5.24. The molecule has 9 heteroatoms. The van der Waals surface area contributed by atoms with Crippen LogP contribution < -0.4 is 0 Å². The molecule has 4 rings (SSSR count). The molecule has 1 aromatic heterocycles. The van der Waals surface area contributed by atoms with E-state index in [0.717, 1.165) is 57.5 Å². The molecule has 3 heterocycles. The molecule has 208 valence electrons. The second kappa shape index (κ2) is 12.9. The van der Waals surface area contributed by atoms with E-state index in [0.29, 0.717) is 22.4 Å². The topological polar surface area (TPSA) is 60.2 Å². The van der Waals surface area contributed by atoms with Gasteiger partial charge < -0.3 is 19.1 Å². The quantitative estimate of drug-likeness (QED) is 0.418. The minimum atomic E-state index is -0.390. The number of carbonyl (C=O) groups is 2. The number of carbonyl (C=O) groups excluding carboxylic acids is 2. The number of benzene rings is 1. The van der Waals surface area contributed by atoms with E-state index in [1.54, 1.807) is 29.0 Å². The number of furan rings is 1. The average Bonchev–Trinajstić information content (AvgIpc) is 3.47. The van der Waals surface area contributed by atoms with E-state index in [9.17, 15) is 9.59 Å². The summed E-state index contributed by atoms with van der Waals surface area (Å²) >= 11 is 12.6. The molecular formula is C29H40Cl2N4O3. The molecule has 7 nitrogen and oxygen atoms in total. The summed E-state index contributed by atoms with van der Waals surface area (Å²) in [5.41, 5.74) is 0.667. The minimum Gasteiger partial charge on any atom is -0.459 e. The zero-order chi connectivity index (χ0) is 27.3. The van der Waals surface area contributed by atoms with E-state index in [-0.39, 0.29) is 23.3 Å². The van der Waals surface area contributed by atoms with Crippen molar-refractivity contribution in [1.82, 2.24) is 19.6 Å². The summed E-state index contributed by atoms with van der Waals surface area (Å²) in [6, 6.07) is 9.13. The number of piperidine rings is 2. The van der Waals surface area contributed by atoms with Crippen LogP contribution in [0.25, 0.3) is 0 Å². The van der Waals surface area contributed by atoms with Crippen LogP contribution in [0, 0.1) is 0 Å². The Labute approximate surface area is 236 Å². The molecule has 1 aromatic carbocycles. The van der Waals surface area contributed by atoms with Crippen LogP contribution >= 0.6 is 23.2 Å². The van der Waals surface area contributed by atoms with E-state index < -0.39 is 0 Å². The van der Waals surface area contributed by atoms with Gasteiger partial charge in [-0.15, -0.1) is 0 Å². The second-order valence-corrected chi connectivity index (χ2v) is 11.8. The maximum Gasteiger partial charge on any atom is 0.289 e. The molecule has 2 fully saturated rings. The fraction of sp³-hybridized carbons (Fsp3) is 0.586. The molecule has 2 aliphatic rings. The van der Waals surface area contributed by atoms with Crippen LogP contribution in [0.15, 0.2) is 41.0 Å². The lowest BCUT2D eigenvalue weighted by Gasteiger charge is -2.50. The van der Waals surface area contributed by atoms with Crippen LogP contribution in [0.1, 0.15) is 60.6 Å². The van der Waals surface area contributed by atoms with Gasteiger partial charge in [0.15, 0.2) is 5.76 Å². The molecule has 0 aliphatic carbocycles. The first-order valence-corrected chi connectivity index (χ1v) is 14.4. The second-order valence-electron chi connectivity index (χ2n) is 10.9. The SMILES string of the molecule is CN(C)C(=O)C1(N2CCCCC2)CCN(CCC(CN(C)C(=O)c2ccco2)c2ccc(Cl)c(Cl)c2)CC1. The molecule has 38 heavy (non-hydrogen) atoms. The number of hydrogen-bond donors (Lipinski definition) is 0. The van der Waals surface area contributed by atoms with Crippen molar-refractivity contribution in [3.63, 3.8) is 0 Å². The zero-order valence-electron chi connectivity index (χ0n) is 22.8. The van der Waals surface area contributed by atoms with Crippen LogP contribution in [-0.4, -0.2) is 97.4 Å². The third kappa shape index (κ3) is 6.56. The molecule has 2 aromatic rings. The van der Waals surface area contributed by atoms with Gasteiger partial charge in [0.25, 0.3) is 5.91 Å². The number of likely N-dealkylation sites (N-methyl/N-ethyl adjacent to an activating group) is 2. The molecule has 2 amide bonds. The van der Waals surface area contributed by atoms with Gasteiger partial charge in [-0.05, 0) is 81.6 Å². The summed E-state index contributed by atoms with van der Waals surface area (Å²) in [6.45, 7) is 5.18. The lowest BCUT2D eigenvalue weighted by atomic mass is 9.82. The van der Waals surface area contributed by atoms with Gasteiger partial charge >= 0.3 is 0 Å². The van der Waals surface area contributed by atoms with Crippen molar-refractivity contribution in [2.45, 2.75) is 50.0 Å². The molecule has 0 spiro atoms. The van der Waals surface area contributed by atoms with E-state index in [1.165, 1.54) is 25.5 Å². The Balaban J connectivity index is 1.44. The highest BCUT2D eigenvalue weighted by molar-refractivity contribution is 6.42. The molecule has 0 bridgehead atoms. The molecule has 0 radical (unpaired) electrons. The van der Waals surface area contributed by atoms with E-state index in [1.807, 2.05) is 32.3 Å². The molecule has 0 N–H and O–H groups in total. The first kappa shape index (κ1) is 28.9. The number of rotatable bonds is 9. The number of likely N-dealkylation sites (tertiary alicyclic amines) is 2. The molecule has 2 aliphatic heterocycles. The summed E-state index contributed by atoms with van der Waals surface area (Å²) < 4.78 is 5.33. The minimum absolute atomic E-state index is 0.0749. The lowest BCUT2D eigenvalue weighted by Crippen LogP contribution is -2.64. The summed E-state index contributed by atoms with van der Waals surface area (Å²) in [4.78, 5) is 34.7. The van der Waals surface area contributed by atoms with Gasteiger partial charge in [-0.1, -0.05) is 35.7 Å². The smallest absolute Gasteiger partial charge is 0.289 e. The van der Waals surface area contributed by atoms with Crippen LogP contribution in [0.5, 0.6) is 0 Å². The Morgan fingerprint density at radius 2 is 1.71 bits per heavy atom. The van der Waals surface area contributed by atoms with Crippen LogP contribution in [0.2, 0.25) is 10.0 Å². The largest absolute Gasteiger partial charge is 0.459 e. The van der Waals surface area contributed by atoms with Gasteiger partial charge in [-0.2, -0.15) is 0 Å². The highest BCUT2D eigenvalue weighted by Crippen LogP contribution is 2.34. The Morgan fingerprint density at radius 1 is 1.00 bits per heavy atom. The average molecular weight is 564 g/mol. The monoisotopic (exact) mass is 562 g/mol. The van der Waals surface area contributed by atoms with Gasteiger partial charge in [0.1, 0.15) is 5.54 Å². The fourth-order valence-corrected chi connectivity index (χ4v) is 6.33. The molecule has 2 saturated heterocycles. The third-order valence-corrected chi connectivity index (χ3v) is 8.97. The Morgan fingerprint density at radius 3 is 2.32 bits per heavy atom. The Hall–Kier alpha value is -2.06. The van der Waals surface area contributed by atoms with Crippen molar-refractivity contribution in [3.05, 3.63) is 58.0 Å². The number of hydrogen-bond acceptors (Lipinski definition) is 5. The highest BCUT2D eigenvalue weighted by Gasteiger charge is 2.47. The van der Waals surface area contributed by atoms with E-state index >= 15 is 0 Å². The maximum absolute atomic E-state index is 13.4. The summed E-state index contributed by atoms with van der Waals surface area (Å²) in [6.07, 6.45) is 7.65. The van der Waals surface area contributed by atoms with Gasteiger partial charge in [-0.25, -0.2) is 0 Å². The van der Waals surface area contributed by atoms with Crippen molar-refractivity contribution >= 4 is 35.0 Å². The van der Waals surface area contributed by atoms with Crippen LogP contribution in [-0.2, 0) is 4.79 Å². The van der Waals surface area contributed by atoms with Crippen molar-refractivity contribution in [3.8, 4) is 0 Å². The van der Waals surface area contributed by atoms with Gasteiger partial charge in [0, 0.05) is 46.7 Å². The van der Waals surface area contributed by atoms with Crippen LogP contribution in [0.3, 0.4) is 0 Å². The fourth-order valence-electron chi connectivity index (χ4n) is 6.02. The normalized spacial score (nSPS) is 19.2. The Kier molecular flexibility index (Phi) is 9.79. The number of nitrogens with zero attached hydrogens (tertiary/aromatic N) is 4. The summed E-state index contributed by atoms with van der Waals surface area (Å²) in [5, 5.41) is 1.03. The standard InChI is InChI=1S/C29H40Cl2N4O3/c1-32(2)28(37)29(35-14-5-4-6-15-35)12-17-34(18-13-29)16-11-23(22-9-10-24(30)25(31)20-22)21-33(3)27(36)26-8-7-19-38-26/h7-10,19-20,23H,4-6,11-18,21H2,1-3H3. The van der Waals surface area contributed by atoms with Crippen molar-refractivity contribution in [2.24, 2.45) is 0 Å². The van der Waals surface area contributed by atoms with Crippen molar-refractivity contribution in [1.29, 1.82) is 0 Å². The van der Waals surface area contributed by atoms with E-state index in [4.69, 9.17) is 27.6 Å². The van der Waals surface area contributed by atoms with Gasteiger partial charge in [-0.3, -0.25) is 14.5 Å². The Bertz CT molecular complexity index is 1080. The van der Waals surface area contributed by atoms with Crippen LogP contribution in [0.4, 0.5) is 0 Å². The maximum atomic E-state index is 13.4. The molecule has 0 saturated carbocycles. The zero-order valence-corrected chi connectivity index (χ0v) is 24.3. The van der Waals surface area contributed by atoms with Crippen molar-refractivity contribution in [2.75, 3.05) is 60.4 Å². The molecule has 1 atom stereocenters. The summed E-state index contributed by atoms with van der Waals surface area (Å²) in [7, 11) is 5.56. The van der Waals surface area contributed by atoms with Crippen molar-refractivity contribution < 1.29 is 14.0 Å². The number of amides is 2. The van der Waals surface area contributed by atoms with Gasteiger partial charge in [0.05, 0.1) is 16.3 Å². The first-order chi connectivity index (χ1) is 18.2. The first-order valence-electron chi connectivity index (χ1n) is 13.6. The summed E-state index contributed by atoms with van der Waals surface area (Å²) in [5.74, 6) is 0.499. The predicted molar refractivity (Wildman–Crippen MR) is 152 cm³/mol. The third-order valence-electron chi connectivity index (χ3n) is 8.23. The molecule has 1 unspecified atom stereocenters. The molecular weight excluding hydrogens is 523 g/mol.